The molecule has 1 N–H and O–H groups in total. The molecule has 192 valence electrons. The summed E-state index contributed by atoms with van der Waals surface area (Å²) in [6.07, 6.45) is 4.39. The summed E-state index contributed by atoms with van der Waals surface area (Å²) in [5.74, 6) is -0.561. The first kappa shape index (κ1) is 24.5. The van der Waals surface area contributed by atoms with Crippen LogP contribution in [0.1, 0.15) is 23.3 Å². The number of carbonyl (C=O) groups is 2. The van der Waals surface area contributed by atoms with Crippen molar-refractivity contribution in [2.24, 2.45) is 0 Å². The zero-order valence-electron chi connectivity index (χ0n) is 20.3. The van der Waals surface area contributed by atoms with Crippen LogP contribution < -0.4 is 10.2 Å². The highest BCUT2D eigenvalue weighted by molar-refractivity contribution is 14.1. The second-order valence-corrected chi connectivity index (χ2v) is 10.7. The number of carbonyl (C=O) groups excluding carboxylic acids is 2. The number of amides is 2. The minimum Gasteiger partial charge on any atom is -0.339 e. The number of benzene rings is 2. The number of halogens is 2. The number of nitrogens with zero attached hydrogens (tertiary/aromatic N) is 5. The molecule has 0 atom stereocenters. The number of piperidine rings is 1. The third-order valence-corrected chi connectivity index (χ3v) is 8.03. The van der Waals surface area contributed by atoms with Crippen molar-refractivity contribution < 1.29 is 14.0 Å². The maximum absolute atomic E-state index is 13.6. The van der Waals surface area contributed by atoms with E-state index in [1.165, 1.54) is 12.1 Å². The van der Waals surface area contributed by atoms with E-state index in [0.717, 1.165) is 26.2 Å². The van der Waals surface area contributed by atoms with Gasteiger partial charge in [-0.1, -0.05) is 0 Å². The third-order valence-electron chi connectivity index (χ3n) is 7.31. The van der Waals surface area contributed by atoms with Gasteiger partial charge in [0.2, 0.25) is 5.91 Å². The molecule has 6 rings (SSSR count). The number of pyridine rings is 1. The highest BCUT2D eigenvalue weighted by Gasteiger charge is 2.51. The summed E-state index contributed by atoms with van der Waals surface area (Å²) >= 11 is 2.25. The average Bonchev–Trinajstić information content (AvgIpc) is 3.52. The first-order valence-corrected chi connectivity index (χ1v) is 13.4. The van der Waals surface area contributed by atoms with E-state index in [4.69, 9.17) is 5.10 Å². The van der Waals surface area contributed by atoms with Gasteiger partial charge in [0.1, 0.15) is 11.4 Å². The van der Waals surface area contributed by atoms with Gasteiger partial charge in [-0.15, -0.1) is 0 Å². The number of aromatic nitrogens is 3. The van der Waals surface area contributed by atoms with Crippen LogP contribution in [0.3, 0.4) is 0 Å². The maximum atomic E-state index is 13.6. The van der Waals surface area contributed by atoms with Crippen molar-refractivity contribution in [1.82, 2.24) is 25.0 Å². The van der Waals surface area contributed by atoms with E-state index in [0.29, 0.717) is 38.3 Å². The molecule has 8 nitrogen and oxygen atoms in total. The van der Waals surface area contributed by atoms with Gasteiger partial charge in [0.05, 0.1) is 18.1 Å². The Bertz CT molecular complexity index is 1480. The van der Waals surface area contributed by atoms with E-state index in [2.05, 4.69) is 32.9 Å². The number of anilines is 1. The second-order valence-electron chi connectivity index (χ2n) is 9.44. The lowest BCUT2D eigenvalue weighted by Crippen LogP contribution is -2.57. The van der Waals surface area contributed by atoms with Crippen molar-refractivity contribution in [2.45, 2.75) is 18.4 Å². The fraction of sp³-hybridized carbons (Fsp3) is 0.214. The molecule has 1 spiro atoms. The van der Waals surface area contributed by atoms with Crippen molar-refractivity contribution in [3.05, 3.63) is 94.2 Å². The molecule has 2 aliphatic heterocycles. The molecule has 10 heteroatoms. The SMILES string of the molecule is O=C(c1cc(-c2cccnc2)n(-c2ccc(I)cc2)n1)N1CCC2(CC1)C(=O)NCN2c1ccc(F)cc1. The molecule has 2 fully saturated rings. The predicted octanol–water partition coefficient (Wildman–Crippen LogP) is 4.25. The van der Waals surface area contributed by atoms with Gasteiger partial charge in [-0.2, -0.15) is 5.10 Å². The summed E-state index contributed by atoms with van der Waals surface area (Å²) in [6.45, 7) is 1.17. The predicted molar refractivity (Wildman–Crippen MR) is 149 cm³/mol. The molecule has 4 heterocycles. The average molecular weight is 622 g/mol. The largest absolute Gasteiger partial charge is 0.339 e. The Kier molecular flexibility index (Phi) is 6.34. The van der Waals surface area contributed by atoms with Crippen LogP contribution in [-0.2, 0) is 4.79 Å². The molecular formula is C28H24FIN6O2. The Morgan fingerprint density at radius 3 is 2.39 bits per heavy atom. The molecule has 0 bridgehead atoms. The summed E-state index contributed by atoms with van der Waals surface area (Å²) in [7, 11) is 0. The Labute approximate surface area is 232 Å². The van der Waals surface area contributed by atoms with Gasteiger partial charge < -0.3 is 15.1 Å². The van der Waals surface area contributed by atoms with Gasteiger partial charge in [0.25, 0.3) is 5.91 Å². The zero-order chi connectivity index (χ0) is 26.3. The fourth-order valence-corrected chi connectivity index (χ4v) is 5.63. The minimum atomic E-state index is -0.768. The van der Waals surface area contributed by atoms with Crippen LogP contribution in [0.5, 0.6) is 0 Å². The van der Waals surface area contributed by atoms with E-state index in [-0.39, 0.29) is 17.6 Å². The van der Waals surface area contributed by atoms with E-state index >= 15 is 0 Å². The number of nitrogens with one attached hydrogen (secondary N) is 1. The zero-order valence-corrected chi connectivity index (χ0v) is 22.5. The molecule has 0 unspecified atom stereocenters. The molecular weight excluding hydrogens is 598 g/mol. The van der Waals surface area contributed by atoms with Gasteiger partial charge in [0, 0.05) is 40.3 Å². The van der Waals surface area contributed by atoms with Crippen molar-refractivity contribution in [3.63, 3.8) is 0 Å². The standard InChI is InChI=1S/C28H24FIN6O2/c29-20-3-7-22(8-4-20)35-18-32-27(38)28(35)11-14-34(15-12-28)26(37)24-16-25(19-2-1-13-31-17-19)36(33-24)23-9-5-21(30)6-10-23/h1-10,13,16-17H,11-12,14-15,18H2,(H,32,38). The van der Waals surface area contributed by atoms with Crippen LogP contribution in [-0.4, -0.2) is 56.8 Å². The highest BCUT2D eigenvalue weighted by atomic mass is 127. The summed E-state index contributed by atoms with van der Waals surface area (Å²) in [5.41, 5.74) is 2.82. The number of hydrogen-bond acceptors (Lipinski definition) is 5. The quantitative estimate of drug-likeness (QED) is 0.345. The monoisotopic (exact) mass is 622 g/mol. The normalized spacial score (nSPS) is 16.6. The van der Waals surface area contributed by atoms with Crippen molar-refractivity contribution >= 4 is 40.1 Å². The van der Waals surface area contributed by atoms with Crippen LogP contribution in [0.4, 0.5) is 10.1 Å². The number of hydrogen-bond donors (Lipinski definition) is 1. The minimum absolute atomic E-state index is 0.0595. The second kappa shape index (κ2) is 9.82. The molecule has 38 heavy (non-hydrogen) atoms. The molecule has 2 amide bonds. The van der Waals surface area contributed by atoms with Crippen LogP contribution in [0.25, 0.3) is 16.9 Å². The van der Waals surface area contributed by atoms with Gasteiger partial charge in [-0.05, 0) is 102 Å². The van der Waals surface area contributed by atoms with Gasteiger partial charge in [0.15, 0.2) is 5.69 Å². The number of rotatable bonds is 4. The molecule has 0 radical (unpaired) electrons. The lowest BCUT2D eigenvalue weighted by atomic mass is 9.85. The molecule has 2 aliphatic rings. The van der Waals surface area contributed by atoms with Crippen LogP contribution in [0.15, 0.2) is 79.1 Å². The maximum Gasteiger partial charge on any atom is 0.274 e. The van der Waals surface area contributed by atoms with E-state index in [1.54, 1.807) is 40.2 Å². The molecule has 2 saturated heterocycles. The first-order chi connectivity index (χ1) is 18.4. The van der Waals surface area contributed by atoms with Crippen molar-refractivity contribution in [1.29, 1.82) is 0 Å². The van der Waals surface area contributed by atoms with Crippen molar-refractivity contribution in [2.75, 3.05) is 24.7 Å². The summed E-state index contributed by atoms with van der Waals surface area (Å²) in [4.78, 5) is 34.6. The summed E-state index contributed by atoms with van der Waals surface area (Å²) < 4.78 is 16.4. The van der Waals surface area contributed by atoms with Gasteiger partial charge in [-0.3, -0.25) is 14.6 Å². The molecule has 0 aliphatic carbocycles. The summed E-state index contributed by atoms with van der Waals surface area (Å²) in [5, 5.41) is 7.64. The fourth-order valence-electron chi connectivity index (χ4n) is 5.27. The first-order valence-electron chi connectivity index (χ1n) is 12.3. The van der Waals surface area contributed by atoms with E-state index in [9.17, 15) is 14.0 Å². The Balaban J connectivity index is 1.26. The number of likely N-dealkylation sites (tertiary alicyclic amines) is 1. The highest BCUT2D eigenvalue weighted by Crippen LogP contribution is 2.37. The van der Waals surface area contributed by atoms with Crippen molar-refractivity contribution in [3.8, 4) is 16.9 Å². The Morgan fingerprint density at radius 1 is 1.00 bits per heavy atom. The topological polar surface area (TPSA) is 83.4 Å². The lowest BCUT2D eigenvalue weighted by Gasteiger charge is -2.43. The molecule has 2 aromatic heterocycles. The Hall–Kier alpha value is -3.80. The lowest BCUT2D eigenvalue weighted by molar-refractivity contribution is -0.124. The van der Waals surface area contributed by atoms with Crippen LogP contribution in [0.2, 0.25) is 0 Å². The molecule has 4 aromatic rings. The van der Waals surface area contributed by atoms with Gasteiger partial charge >= 0.3 is 0 Å². The Morgan fingerprint density at radius 2 is 1.71 bits per heavy atom. The van der Waals surface area contributed by atoms with Crippen LogP contribution >= 0.6 is 22.6 Å². The smallest absolute Gasteiger partial charge is 0.274 e. The molecule has 2 aromatic carbocycles. The van der Waals surface area contributed by atoms with E-state index < -0.39 is 5.54 Å². The molecule has 0 saturated carbocycles. The van der Waals surface area contributed by atoms with E-state index in [1.807, 2.05) is 41.3 Å². The summed E-state index contributed by atoms with van der Waals surface area (Å²) in [6, 6.07) is 19.7. The van der Waals surface area contributed by atoms with Crippen LogP contribution in [0, 0.1) is 9.39 Å². The third kappa shape index (κ3) is 4.32. The van der Waals surface area contributed by atoms with Gasteiger partial charge in [-0.25, -0.2) is 9.07 Å².